The van der Waals surface area contributed by atoms with Gasteiger partial charge in [0.1, 0.15) is 11.9 Å². The Bertz CT molecular complexity index is 337. The normalized spacial score (nSPS) is 25.4. The topological polar surface area (TPSA) is 39.7 Å². The van der Waals surface area contributed by atoms with E-state index < -0.39 is 0 Å². The molecule has 4 nitrogen and oxygen atoms in total. The second-order valence-corrected chi connectivity index (χ2v) is 6.01. The first-order valence-electron chi connectivity index (χ1n) is 8.50. The summed E-state index contributed by atoms with van der Waals surface area (Å²) < 4.78 is 17.3. The molecule has 0 saturated carbocycles. The van der Waals surface area contributed by atoms with Crippen molar-refractivity contribution in [3.63, 3.8) is 0 Å². The molecule has 1 aliphatic carbocycles. The molecular formula is C17H31NO3. The SMILES string of the molecule is CCC1=C(OC)C(OC(CC)CNC2CCOCC2)CC1. The lowest BCUT2D eigenvalue weighted by Gasteiger charge is -2.27. The predicted molar refractivity (Wildman–Crippen MR) is 84.4 cm³/mol. The summed E-state index contributed by atoms with van der Waals surface area (Å²) in [7, 11) is 1.77. The van der Waals surface area contributed by atoms with E-state index in [1.807, 2.05) is 0 Å². The van der Waals surface area contributed by atoms with Crippen LogP contribution in [0.5, 0.6) is 0 Å². The van der Waals surface area contributed by atoms with Gasteiger partial charge in [-0.25, -0.2) is 0 Å². The van der Waals surface area contributed by atoms with Crippen molar-refractivity contribution in [2.24, 2.45) is 0 Å². The molecule has 0 aromatic heterocycles. The monoisotopic (exact) mass is 297 g/mol. The molecule has 0 radical (unpaired) electrons. The first-order valence-corrected chi connectivity index (χ1v) is 8.50. The van der Waals surface area contributed by atoms with Crippen molar-refractivity contribution in [2.75, 3.05) is 26.9 Å². The van der Waals surface area contributed by atoms with Gasteiger partial charge in [-0.2, -0.15) is 0 Å². The van der Waals surface area contributed by atoms with Crippen molar-refractivity contribution >= 4 is 0 Å². The fraction of sp³-hybridized carbons (Fsp3) is 0.882. The molecule has 2 atom stereocenters. The summed E-state index contributed by atoms with van der Waals surface area (Å²) in [4.78, 5) is 0. The van der Waals surface area contributed by atoms with Gasteiger partial charge >= 0.3 is 0 Å². The van der Waals surface area contributed by atoms with Gasteiger partial charge in [0.25, 0.3) is 0 Å². The molecule has 0 amide bonds. The maximum absolute atomic E-state index is 6.31. The number of hydrogen-bond acceptors (Lipinski definition) is 4. The standard InChI is InChI=1S/C17H31NO3/c1-4-13-6-7-16(17(13)19-3)21-15(5-2)12-18-14-8-10-20-11-9-14/h14-16,18H,4-12H2,1-3H3. The number of hydrogen-bond donors (Lipinski definition) is 1. The molecule has 1 aliphatic heterocycles. The van der Waals surface area contributed by atoms with Crippen LogP contribution in [0.4, 0.5) is 0 Å². The molecule has 1 saturated heterocycles. The summed E-state index contributed by atoms with van der Waals surface area (Å²) >= 11 is 0. The average Bonchev–Trinajstić information content (AvgIpc) is 2.94. The van der Waals surface area contributed by atoms with E-state index >= 15 is 0 Å². The van der Waals surface area contributed by atoms with E-state index in [0.29, 0.717) is 6.04 Å². The molecule has 2 aliphatic rings. The Hall–Kier alpha value is -0.580. The van der Waals surface area contributed by atoms with E-state index in [1.54, 1.807) is 7.11 Å². The van der Waals surface area contributed by atoms with Gasteiger partial charge in [0.15, 0.2) is 0 Å². The number of methoxy groups -OCH3 is 1. The van der Waals surface area contributed by atoms with Crippen molar-refractivity contribution in [3.8, 4) is 0 Å². The number of rotatable bonds is 8. The van der Waals surface area contributed by atoms with Crippen molar-refractivity contribution in [3.05, 3.63) is 11.3 Å². The highest BCUT2D eigenvalue weighted by molar-refractivity contribution is 5.19. The molecule has 0 aromatic rings. The molecule has 4 heteroatoms. The molecule has 0 spiro atoms. The minimum Gasteiger partial charge on any atom is -0.498 e. The van der Waals surface area contributed by atoms with E-state index in [0.717, 1.165) is 64.0 Å². The molecule has 21 heavy (non-hydrogen) atoms. The average molecular weight is 297 g/mol. The zero-order valence-electron chi connectivity index (χ0n) is 13.8. The predicted octanol–water partition coefficient (Wildman–Crippen LogP) is 3.02. The Morgan fingerprint density at radius 3 is 2.62 bits per heavy atom. The molecule has 0 aromatic carbocycles. The highest BCUT2D eigenvalue weighted by Crippen LogP contribution is 2.32. The van der Waals surface area contributed by atoms with Crippen LogP contribution in [0.3, 0.4) is 0 Å². The number of nitrogens with one attached hydrogen (secondary N) is 1. The fourth-order valence-electron chi connectivity index (χ4n) is 3.26. The third-order valence-corrected chi connectivity index (χ3v) is 4.66. The van der Waals surface area contributed by atoms with Gasteiger partial charge in [-0.05, 0) is 44.1 Å². The summed E-state index contributed by atoms with van der Waals surface area (Å²) in [5, 5.41) is 3.64. The van der Waals surface area contributed by atoms with Crippen molar-refractivity contribution in [2.45, 2.75) is 70.6 Å². The quantitative estimate of drug-likeness (QED) is 0.747. The van der Waals surface area contributed by atoms with Crippen LogP contribution in [0, 0.1) is 0 Å². The Morgan fingerprint density at radius 1 is 1.24 bits per heavy atom. The molecule has 1 heterocycles. The lowest BCUT2D eigenvalue weighted by Crippen LogP contribution is -2.40. The van der Waals surface area contributed by atoms with Gasteiger partial charge in [0.05, 0.1) is 13.2 Å². The van der Waals surface area contributed by atoms with E-state index in [9.17, 15) is 0 Å². The Labute approximate surface area is 129 Å². The lowest BCUT2D eigenvalue weighted by atomic mass is 10.1. The number of ether oxygens (including phenoxy) is 3. The molecule has 0 bridgehead atoms. The van der Waals surface area contributed by atoms with Crippen LogP contribution < -0.4 is 5.32 Å². The third kappa shape index (κ3) is 4.70. The first-order chi connectivity index (χ1) is 10.3. The fourth-order valence-corrected chi connectivity index (χ4v) is 3.26. The minimum absolute atomic E-state index is 0.159. The van der Waals surface area contributed by atoms with Crippen LogP contribution in [-0.4, -0.2) is 45.1 Å². The smallest absolute Gasteiger partial charge is 0.123 e. The van der Waals surface area contributed by atoms with Gasteiger partial charge in [-0.1, -0.05) is 13.8 Å². The van der Waals surface area contributed by atoms with Crippen LogP contribution in [-0.2, 0) is 14.2 Å². The van der Waals surface area contributed by atoms with E-state index in [2.05, 4.69) is 19.2 Å². The second-order valence-electron chi connectivity index (χ2n) is 6.01. The Balaban J connectivity index is 1.80. The summed E-state index contributed by atoms with van der Waals surface area (Å²) in [6.07, 6.45) is 6.94. The molecule has 2 unspecified atom stereocenters. The zero-order valence-corrected chi connectivity index (χ0v) is 13.8. The minimum atomic E-state index is 0.159. The Kier molecular flexibility index (Phi) is 7.00. The van der Waals surface area contributed by atoms with Gasteiger partial charge in [0.2, 0.25) is 0 Å². The number of allylic oxidation sites excluding steroid dienone is 1. The van der Waals surface area contributed by atoms with Crippen molar-refractivity contribution in [1.29, 1.82) is 0 Å². The van der Waals surface area contributed by atoms with Crippen LogP contribution >= 0.6 is 0 Å². The zero-order chi connectivity index (χ0) is 15.1. The van der Waals surface area contributed by atoms with E-state index in [-0.39, 0.29) is 12.2 Å². The van der Waals surface area contributed by atoms with Gasteiger partial charge < -0.3 is 19.5 Å². The second kappa shape index (κ2) is 8.76. The third-order valence-electron chi connectivity index (χ3n) is 4.66. The molecule has 1 N–H and O–H groups in total. The largest absolute Gasteiger partial charge is 0.498 e. The van der Waals surface area contributed by atoms with Crippen molar-refractivity contribution < 1.29 is 14.2 Å². The summed E-state index contributed by atoms with van der Waals surface area (Å²) in [5.41, 5.74) is 1.43. The van der Waals surface area contributed by atoms with Crippen molar-refractivity contribution in [1.82, 2.24) is 5.32 Å². The molecule has 1 fully saturated rings. The first kappa shape index (κ1) is 16.8. The summed E-state index contributed by atoms with van der Waals surface area (Å²) in [6.45, 7) is 7.09. The highest BCUT2D eigenvalue weighted by atomic mass is 16.5. The van der Waals surface area contributed by atoms with E-state index in [4.69, 9.17) is 14.2 Å². The summed E-state index contributed by atoms with van der Waals surface area (Å²) in [6, 6.07) is 0.587. The summed E-state index contributed by atoms with van der Waals surface area (Å²) in [5.74, 6) is 1.09. The van der Waals surface area contributed by atoms with Crippen LogP contribution in [0.2, 0.25) is 0 Å². The molecular weight excluding hydrogens is 266 g/mol. The lowest BCUT2D eigenvalue weighted by molar-refractivity contribution is -0.0190. The van der Waals surface area contributed by atoms with Gasteiger partial charge in [-0.3, -0.25) is 0 Å². The molecule has 2 rings (SSSR count). The maximum atomic E-state index is 6.31. The molecule has 122 valence electrons. The van der Waals surface area contributed by atoms with Crippen LogP contribution in [0.15, 0.2) is 11.3 Å². The van der Waals surface area contributed by atoms with Crippen LogP contribution in [0.25, 0.3) is 0 Å². The van der Waals surface area contributed by atoms with Crippen LogP contribution in [0.1, 0.15) is 52.4 Å². The van der Waals surface area contributed by atoms with Gasteiger partial charge in [0, 0.05) is 25.8 Å². The highest BCUT2D eigenvalue weighted by Gasteiger charge is 2.28. The van der Waals surface area contributed by atoms with Gasteiger partial charge in [-0.15, -0.1) is 0 Å². The Morgan fingerprint density at radius 2 is 2.00 bits per heavy atom. The van der Waals surface area contributed by atoms with E-state index in [1.165, 1.54) is 5.57 Å². The maximum Gasteiger partial charge on any atom is 0.123 e.